The zero-order chi connectivity index (χ0) is 17.1. The first kappa shape index (κ1) is 17.6. The summed E-state index contributed by atoms with van der Waals surface area (Å²) in [6, 6.07) is -0.311. The van der Waals surface area contributed by atoms with Crippen LogP contribution in [-0.4, -0.2) is 64.0 Å². The zero-order valence-corrected chi connectivity index (χ0v) is 14.7. The fourth-order valence-electron chi connectivity index (χ4n) is 2.39. The Balaban J connectivity index is 2.05. The molecule has 0 aromatic carbocycles. The number of anilines is 1. The van der Waals surface area contributed by atoms with Gasteiger partial charge in [0.15, 0.2) is 11.0 Å². The van der Waals surface area contributed by atoms with Gasteiger partial charge in [-0.1, -0.05) is 18.7 Å². The second-order valence-electron chi connectivity index (χ2n) is 5.57. The van der Waals surface area contributed by atoms with E-state index in [1.54, 1.807) is 19.0 Å². The second kappa shape index (κ2) is 7.22. The predicted octanol–water partition coefficient (Wildman–Crippen LogP) is 0.401. The van der Waals surface area contributed by atoms with Gasteiger partial charge in [0, 0.05) is 21.1 Å². The highest BCUT2D eigenvalue weighted by molar-refractivity contribution is 7.99. The van der Waals surface area contributed by atoms with Crippen molar-refractivity contribution in [3.05, 3.63) is 5.69 Å². The first-order valence-corrected chi connectivity index (χ1v) is 8.45. The first-order valence-electron chi connectivity index (χ1n) is 7.46. The van der Waals surface area contributed by atoms with Gasteiger partial charge >= 0.3 is 6.03 Å². The SMILES string of the molecule is CCC(CO)NC(=O)CSc1nc2c(n1C)CN(C)C(=O)N2C. The van der Waals surface area contributed by atoms with Gasteiger partial charge in [-0.3, -0.25) is 9.69 Å². The summed E-state index contributed by atoms with van der Waals surface area (Å²) in [5, 5.41) is 12.6. The molecule has 3 amide bonds. The first-order chi connectivity index (χ1) is 10.9. The summed E-state index contributed by atoms with van der Waals surface area (Å²) in [7, 11) is 5.32. The van der Waals surface area contributed by atoms with Gasteiger partial charge in [-0.15, -0.1) is 0 Å². The van der Waals surface area contributed by atoms with Crippen molar-refractivity contribution in [2.24, 2.45) is 7.05 Å². The van der Waals surface area contributed by atoms with Crippen LogP contribution >= 0.6 is 11.8 Å². The number of nitrogens with one attached hydrogen (secondary N) is 1. The average molecular weight is 341 g/mol. The van der Waals surface area contributed by atoms with Crippen LogP contribution in [0.1, 0.15) is 19.0 Å². The van der Waals surface area contributed by atoms with Gasteiger partial charge in [0.05, 0.1) is 30.6 Å². The van der Waals surface area contributed by atoms with Crippen molar-refractivity contribution < 1.29 is 14.7 Å². The number of fused-ring (bicyclic) bond motifs is 1. The molecule has 0 spiro atoms. The normalized spacial score (nSPS) is 15.6. The number of imidazole rings is 1. The monoisotopic (exact) mass is 341 g/mol. The molecule has 0 fully saturated rings. The van der Waals surface area contributed by atoms with Gasteiger partial charge < -0.3 is 19.9 Å². The van der Waals surface area contributed by atoms with Gasteiger partial charge in [-0.2, -0.15) is 0 Å². The molecule has 128 valence electrons. The van der Waals surface area contributed by atoms with Crippen LogP contribution in [0.15, 0.2) is 5.16 Å². The number of aromatic nitrogens is 2. The molecular weight excluding hydrogens is 318 g/mol. The van der Waals surface area contributed by atoms with E-state index in [9.17, 15) is 9.59 Å². The van der Waals surface area contributed by atoms with Crippen molar-refractivity contribution in [2.45, 2.75) is 31.1 Å². The number of thioether (sulfide) groups is 1. The molecule has 2 rings (SSSR count). The van der Waals surface area contributed by atoms with Crippen LogP contribution in [0.4, 0.5) is 10.6 Å². The van der Waals surface area contributed by atoms with Crippen molar-refractivity contribution in [3.63, 3.8) is 0 Å². The summed E-state index contributed by atoms with van der Waals surface area (Å²) >= 11 is 1.32. The number of urea groups is 1. The Bertz CT molecular complexity index is 599. The number of hydrogen-bond donors (Lipinski definition) is 2. The fraction of sp³-hybridized carbons (Fsp3) is 0.643. The largest absolute Gasteiger partial charge is 0.394 e. The number of carbonyl (C=O) groups is 2. The van der Waals surface area contributed by atoms with Crippen molar-refractivity contribution >= 4 is 29.5 Å². The van der Waals surface area contributed by atoms with Gasteiger partial charge in [0.25, 0.3) is 0 Å². The molecule has 9 heteroatoms. The lowest BCUT2D eigenvalue weighted by Gasteiger charge is -2.29. The Morgan fingerprint density at radius 2 is 2.13 bits per heavy atom. The second-order valence-corrected chi connectivity index (χ2v) is 6.51. The summed E-state index contributed by atoms with van der Waals surface area (Å²) in [6.07, 6.45) is 0.683. The molecular formula is C14H23N5O3S. The van der Waals surface area contributed by atoms with Crippen LogP contribution in [0.2, 0.25) is 0 Å². The molecule has 23 heavy (non-hydrogen) atoms. The molecule has 0 aliphatic carbocycles. The number of nitrogens with zero attached hydrogens (tertiary/aromatic N) is 4. The molecule has 0 radical (unpaired) electrons. The van der Waals surface area contributed by atoms with E-state index in [1.807, 2.05) is 18.5 Å². The van der Waals surface area contributed by atoms with E-state index in [4.69, 9.17) is 5.11 Å². The third-order valence-electron chi connectivity index (χ3n) is 3.88. The fourth-order valence-corrected chi connectivity index (χ4v) is 3.18. The van der Waals surface area contributed by atoms with Crippen molar-refractivity contribution in [2.75, 3.05) is 31.4 Å². The van der Waals surface area contributed by atoms with Crippen LogP contribution in [0.3, 0.4) is 0 Å². The van der Waals surface area contributed by atoms with E-state index < -0.39 is 0 Å². The summed E-state index contributed by atoms with van der Waals surface area (Å²) in [6.45, 7) is 2.34. The zero-order valence-electron chi connectivity index (χ0n) is 13.9. The molecule has 8 nitrogen and oxygen atoms in total. The molecule has 2 N–H and O–H groups in total. The average Bonchev–Trinajstić information content (AvgIpc) is 2.85. The third kappa shape index (κ3) is 3.61. The number of amides is 3. The molecule has 1 aromatic heterocycles. The molecule has 0 saturated heterocycles. The van der Waals surface area contributed by atoms with Gasteiger partial charge in [0.1, 0.15) is 0 Å². The van der Waals surface area contributed by atoms with E-state index in [0.29, 0.717) is 23.9 Å². The standard InChI is InChI=1S/C14H23N5O3S/c1-5-9(7-20)15-11(21)8-23-13-16-12-10(18(13)3)6-17(2)14(22)19(12)4/h9,20H,5-8H2,1-4H3,(H,15,21). The third-order valence-corrected chi connectivity index (χ3v) is 4.91. The lowest BCUT2D eigenvalue weighted by molar-refractivity contribution is -0.119. The molecule has 1 unspecified atom stereocenters. The Morgan fingerprint density at radius 1 is 1.43 bits per heavy atom. The Kier molecular flexibility index (Phi) is 5.53. The maximum atomic E-state index is 12.0. The summed E-state index contributed by atoms with van der Waals surface area (Å²) in [4.78, 5) is 31.5. The van der Waals surface area contributed by atoms with Crippen molar-refractivity contribution in [3.8, 4) is 0 Å². The summed E-state index contributed by atoms with van der Waals surface area (Å²) in [5.74, 6) is 0.715. The maximum absolute atomic E-state index is 12.0. The lowest BCUT2D eigenvalue weighted by Crippen LogP contribution is -2.43. The smallest absolute Gasteiger partial charge is 0.325 e. The van der Waals surface area contributed by atoms with Crippen molar-refractivity contribution in [1.82, 2.24) is 19.8 Å². The highest BCUT2D eigenvalue weighted by atomic mass is 32.2. The van der Waals surface area contributed by atoms with Crippen LogP contribution in [0.5, 0.6) is 0 Å². The molecule has 1 aliphatic rings. The summed E-state index contributed by atoms with van der Waals surface area (Å²) in [5.41, 5.74) is 0.944. The molecule has 1 aliphatic heterocycles. The van der Waals surface area contributed by atoms with Crippen LogP contribution in [0, 0.1) is 0 Å². The van der Waals surface area contributed by atoms with Gasteiger partial charge in [0.2, 0.25) is 5.91 Å². The molecule has 0 bridgehead atoms. The van der Waals surface area contributed by atoms with E-state index in [0.717, 1.165) is 5.69 Å². The molecule has 0 saturated carbocycles. The maximum Gasteiger partial charge on any atom is 0.325 e. The molecule has 1 aromatic rings. The van der Waals surface area contributed by atoms with Gasteiger partial charge in [-0.05, 0) is 6.42 Å². The number of aliphatic hydroxyl groups excluding tert-OH is 1. The minimum absolute atomic E-state index is 0.0666. The predicted molar refractivity (Wildman–Crippen MR) is 88.5 cm³/mol. The van der Waals surface area contributed by atoms with Crippen LogP contribution < -0.4 is 10.2 Å². The lowest BCUT2D eigenvalue weighted by atomic mass is 10.2. The minimum Gasteiger partial charge on any atom is -0.394 e. The topological polar surface area (TPSA) is 90.7 Å². The quantitative estimate of drug-likeness (QED) is 0.731. The van der Waals surface area contributed by atoms with Crippen molar-refractivity contribution in [1.29, 1.82) is 0 Å². The number of aliphatic hydroxyl groups is 1. The van der Waals surface area contributed by atoms with Crippen LogP contribution in [0.25, 0.3) is 0 Å². The van der Waals surface area contributed by atoms with E-state index >= 15 is 0 Å². The number of hydrogen-bond acceptors (Lipinski definition) is 5. The van der Waals surface area contributed by atoms with E-state index in [1.165, 1.54) is 16.7 Å². The van der Waals surface area contributed by atoms with Crippen LogP contribution in [-0.2, 0) is 18.4 Å². The Hall–Kier alpha value is -1.74. The Labute approximate surface area is 139 Å². The van der Waals surface area contributed by atoms with Gasteiger partial charge in [-0.25, -0.2) is 9.78 Å². The highest BCUT2D eigenvalue weighted by Crippen LogP contribution is 2.30. The molecule has 1 atom stereocenters. The highest BCUT2D eigenvalue weighted by Gasteiger charge is 2.30. The number of rotatable bonds is 6. The minimum atomic E-state index is -0.213. The van der Waals surface area contributed by atoms with E-state index in [2.05, 4.69) is 10.3 Å². The Morgan fingerprint density at radius 3 is 2.74 bits per heavy atom. The summed E-state index contributed by atoms with van der Waals surface area (Å²) < 4.78 is 1.91. The molecule has 2 heterocycles. The number of carbonyl (C=O) groups excluding carboxylic acids is 2. The van der Waals surface area contributed by atoms with E-state index in [-0.39, 0.29) is 30.3 Å².